The van der Waals surface area contributed by atoms with E-state index in [1.165, 1.54) is 39.0 Å². The highest BCUT2D eigenvalue weighted by molar-refractivity contribution is 5.92. The van der Waals surface area contributed by atoms with Gasteiger partial charge < -0.3 is 29.2 Å². The fraction of sp³-hybridized carbons (Fsp3) is 0.296. The van der Waals surface area contributed by atoms with Crippen LogP contribution in [0.15, 0.2) is 54.6 Å². The van der Waals surface area contributed by atoms with E-state index in [9.17, 15) is 9.18 Å². The second-order valence-electron chi connectivity index (χ2n) is 8.36. The lowest BCUT2D eigenvalue weighted by Gasteiger charge is -2.38. The molecule has 1 heterocycles. The highest BCUT2D eigenvalue weighted by Gasteiger charge is 2.30. The molecular formula is C27H29FN2O5. The lowest BCUT2D eigenvalue weighted by atomic mass is 10.1. The maximum Gasteiger partial charge on any atom is 0.226 e. The van der Waals surface area contributed by atoms with E-state index in [1.54, 1.807) is 18.2 Å². The third-order valence-corrected chi connectivity index (χ3v) is 5.95. The maximum absolute atomic E-state index is 13.8. The first-order valence-electron chi connectivity index (χ1n) is 11.3. The summed E-state index contributed by atoms with van der Waals surface area (Å²) in [6.45, 7) is 2.85. The topological polar surface area (TPSA) is 69.3 Å². The maximum atomic E-state index is 13.8. The van der Waals surface area contributed by atoms with Crippen LogP contribution in [0, 0.1) is 12.7 Å². The van der Waals surface area contributed by atoms with Crippen molar-refractivity contribution in [3.63, 3.8) is 0 Å². The molecule has 4 rings (SSSR count). The van der Waals surface area contributed by atoms with Crippen molar-refractivity contribution in [1.82, 2.24) is 0 Å². The monoisotopic (exact) mass is 480 g/mol. The number of anilines is 2. The van der Waals surface area contributed by atoms with Crippen molar-refractivity contribution in [2.45, 2.75) is 25.9 Å². The zero-order valence-electron chi connectivity index (χ0n) is 20.3. The highest BCUT2D eigenvalue weighted by Crippen LogP contribution is 2.40. The minimum absolute atomic E-state index is 0.166. The number of methoxy groups -OCH3 is 3. The number of benzene rings is 3. The van der Waals surface area contributed by atoms with Crippen LogP contribution in [0.3, 0.4) is 0 Å². The van der Waals surface area contributed by atoms with Gasteiger partial charge in [-0.25, -0.2) is 4.39 Å². The van der Waals surface area contributed by atoms with E-state index < -0.39 is 0 Å². The molecule has 35 heavy (non-hydrogen) atoms. The molecule has 1 aliphatic heterocycles. The molecule has 0 aromatic heterocycles. The van der Waals surface area contributed by atoms with Crippen molar-refractivity contribution in [3.8, 4) is 23.0 Å². The summed E-state index contributed by atoms with van der Waals surface area (Å²) in [5.74, 6) is 1.24. The molecular weight excluding hydrogens is 451 g/mol. The van der Waals surface area contributed by atoms with Crippen LogP contribution in [-0.4, -0.2) is 39.9 Å². The normalized spacial score (nSPS) is 14.5. The van der Waals surface area contributed by atoms with Gasteiger partial charge in [-0.1, -0.05) is 29.8 Å². The van der Waals surface area contributed by atoms with E-state index in [0.29, 0.717) is 35.2 Å². The number of amides is 1. The average Bonchev–Trinajstić information content (AvgIpc) is 2.85. The average molecular weight is 481 g/mol. The van der Waals surface area contributed by atoms with Gasteiger partial charge in [0.25, 0.3) is 0 Å². The number of halogens is 1. The quantitative estimate of drug-likeness (QED) is 0.492. The van der Waals surface area contributed by atoms with Crippen LogP contribution in [0.1, 0.15) is 17.5 Å². The zero-order chi connectivity index (χ0) is 24.9. The Morgan fingerprint density at radius 2 is 1.71 bits per heavy atom. The first-order valence-corrected chi connectivity index (χ1v) is 11.3. The van der Waals surface area contributed by atoms with Gasteiger partial charge in [-0.05, 0) is 24.6 Å². The van der Waals surface area contributed by atoms with Gasteiger partial charge in [0.2, 0.25) is 11.7 Å². The lowest BCUT2D eigenvalue weighted by Crippen LogP contribution is -2.44. The number of nitrogens with zero attached hydrogens (tertiary/aromatic N) is 1. The van der Waals surface area contributed by atoms with Crippen LogP contribution in [0.25, 0.3) is 0 Å². The number of carbonyl (C=O) groups excluding carboxylic acids is 1. The molecule has 1 atom stereocenters. The van der Waals surface area contributed by atoms with Gasteiger partial charge >= 0.3 is 0 Å². The van der Waals surface area contributed by atoms with E-state index in [1.807, 2.05) is 19.1 Å². The Hall–Kier alpha value is -3.94. The third kappa shape index (κ3) is 5.42. The predicted octanol–water partition coefficient (Wildman–Crippen LogP) is 4.96. The van der Waals surface area contributed by atoms with Crippen molar-refractivity contribution < 1.29 is 28.1 Å². The Labute approximate surface area is 204 Å². The predicted molar refractivity (Wildman–Crippen MR) is 132 cm³/mol. The Morgan fingerprint density at radius 1 is 1.03 bits per heavy atom. The molecule has 1 amide bonds. The summed E-state index contributed by atoms with van der Waals surface area (Å²) in [4.78, 5) is 15.2. The van der Waals surface area contributed by atoms with Crippen molar-refractivity contribution >= 4 is 17.3 Å². The first-order chi connectivity index (χ1) is 16.9. The van der Waals surface area contributed by atoms with Crippen LogP contribution >= 0.6 is 0 Å². The van der Waals surface area contributed by atoms with Crippen molar-refractivity contribution in [2.24, 2.45) is 0 Å². The summed E-state index contributed by atoms with van der Waals surface area (Å²) in [7, 11) is 4.56. The smallest absolute Gasteiger partial charge is 0.226 e. The SMILES string of the molecule is COc1cc(NC(=O)CC2COc3cc(F)ccc3N2Cc2ccc(C)cc2)cc(OC)c1OC. The van der Waals surface area contributed by atoms with Crippen molar-refractivity contribution in [3.05, 3.63) is 71.5 Å². The first kappa shape index (κ1) is 24.2. The van der Waals surface area contributed by atoms with Crippen molar-refractivity contribution in [2.75, 3.05) is 38.2 Å². The molecule has 0 saturated carbocycles. The molecule has 0 spiro atoms. The van der Waals surface area contributed by atoms with Gasteiger partial charge in [-0.15, -0.1) is 0 Å². The highest BCUT2D eigenvalue weighted by atomic mass is 19.1. The van der Waals surface area contributed by atoms with Gasteiger partial charge in [-0.3, -0.25) is 4.79 Å². The summed E-state index contributed by atoms with van der Waals surface area (Å²) in [6, 6.07) is 15.8. The van der Waals surface area contributed by atoms with Crippen LogP contribution in [0.5, 0.6) is 23.0 Å². The number of fused-ring (bicyclic) bond motifs is 1. The minimum atomic E-state index is -0.363. The Bertz CT molecular complexity index is 1170. The van der Waals surface area contributed by atoms with Gasteiger partial charge in [0.1, 0.15) is 18.2 Å². The fourth-order valence-corrected chi connectivity index (χ4v) is 4.17. The summed E-state index contributed by atoms with van der Waals surface area (Å²) < 4.78 is 35.8. The molecule has 3 aromatic rings. The summed E-state index contributed by atoms with van der Waals surface area (Å²) in [5.41, 5.74) is 3.53. The van der Waals surface area contributed by atoms with E-state index in [2.05, 4.69) is 22.3 Å². The molecule has 1 N–H and O–H groups in total. The molecule has 184 valence electrons. The number of ether oxygens (including phenoxy) is 4. The molecule has 3 aromatic carbocycles. The van der Waals surface area contributed by atoms with E-state index >= 15 is 0 Å². The van der Waals surface area contributed by atoms with Crippen LogP contribution in [0.2, 0.25) is 0 Å². The summed E-state index contributed by atoms with van der Waals surface area (Å²) >= 11 is 0. The van der Waals surface area contributed by atoms with Gasteiger partial charge in [0.05, 0.1) is 39.5 Å². The van der Waals surface area contributed by atoms with Crippen molar-refractivity contribution in [1.29, 1.82) is 0 Å². The number of hydrogen-bond acceptors (Lipinski definition) is 6. The zero-order valence-corrected chi connectivity index (χ0v) is 20.3. The van der Waals surface area contributed by atoms with Gasteiger partial charge in [0.15, 0.2) is 11.5 Å². The number of nitrogens with one attached hydrogen (secondary N) is 1. The minimum Gasteiger partial charge on any atom is -0.493 e. The largest absolute Gasteiger partial charge is 0.493 e. The Kier molecular flexibility index (Phi) is 7.29. The van der Waals surface area contributed by atoms with E-state index in [4.69, 9.17) is 18.9 Å². The standard InChI is InChI=1S/C27H29FN2O5/c1-17-5-7-18(8-6-17)15-30-21(16-35-23-11-19(28)9-10-22(23)30)14-26(31)29-20-12-24(32-2)27(34-4)25(13-20)33-3/h5-13,21H,14-16H2,1-4H3,(H,29,31). The molecule has 1 unspecified atom stereocenters. The Balaban J connectivity index is 1.56. The molecule has 0 radical (unpaired) electrons. The summed E-state index contributed by atoms with van der Waals surface area (Å²) in [6.07, 6.45) is 0.166. The second kappa shape index (κ2) is 10.5. The molecule has 7 nitrogen and oxygen atoms in total. The molecule has 0 aliphatic carbocycles. The molecule has 0 saturated heterocycles. The van der Waals surface area contributed by atoms with Crippen LogP contribution in [-0.2, 0) is 11.3 Å². The molecule has 0 fully saturated rings. The number of carbonyl (C=O) groups is 1. The van der Waals surface area contributed by atoms with Gasteiger partial charge in [-0.2, -0.15) is 0 Å². The number of hydrogen-bond donors (Lipinski definition) is 1. The molecule has 1 aliphatic rings. The molecule has 8 heteroatoms. The number of rotatable bonds is 8. The fourth-order valence-electron chi connectivity index (χ4n) is 4.17. The second-order valence-corrected chi connectivity index (χ2v) is 8.36. The lowest BCUT2D eigenvalue weighted by molar-refractivity contribution is -0.116. The van der Waals surface area contributed by atoms with E-state index in [-0.39, 0.29) is 30.8 Å². The van der Waals surface area contributed by atoms with Gasteiger partial charge in [0, 0.05) is 30.4 Å². The van der Waals surface area contributed by atoms with Crippen LogP contribution < -0.4 is 29.2 Å². The Morgan fingerprint density at radius 3 is 2.34 bits per heavy atom. The third-order valence-electron chi connectivity index (χ3n) is 5.95. The summed E-state index contributed by atoms with van der Waals surface area (Å²) in [5, 5.41) is 2.92. The molecule has 0 bridgehead atoms. The number of aryl methyl sites for hydroxylation is 1. The van der Waals surface area contributed by atoms with Crippen LogP contribution in [0.4, 0.5) is 15.8 Å². The van der Waals surface area contributed by atoms with E-state index in [0.717, 1.165) is 11.3 Å².